The maximum absolute atomic E-state index is 12.0. The number of ether oxygens (including phenoxy) is 2. The number of nitriles is 1. The summed E-state index contributed by atoms with van der Waals surface area (Å²) in [4.78, 5) is 13.6. The number of nitrogens with zero attached hydrogens (tertiary/aromatic N) is 1. The van der Waals surface area contributed by atoms with E-state index in [9.17, 15) is 10.1 Å². The number of furan rings is 1. The fourth-order valence-electron chi connectivity index (χ4n) is 4.24. The summed E-state index contributed by atoms with van der Waals surface area (Å²) in [6, 6.07) is 25.7. The first-order valence-corrected chi connectivity index (χ1v) is 12.5. The number of carbonyl (C=O) groups excluding carboxylic acids is 1. The number of fused-ring (bicyclic) bond motifs is 1. The minimum Gasteiger partial charge on any atom is -0.489 e. The van der Waals surface area contributed by atoms with Crippen LogP contribution in [0.4, 0.5) is 0 Å². The molecule has 0 saturated carbocycles. The van der Waals surface area contributed by atoms with Gasteiger partial charge in [0.15, 0.2) is 0 Å². The van der Waals surface area contributed by atoms with Gasteiger partial charge in [0.1, 0.15) is 28.9 Å². The minimum atomic E-state index is -0.345. The van der Waals surface area contributed by atoms with Gasteiger partial charge < -0.3 is 19.6 Å². The maximum Gasteiger partial charge on any atom is 0.310 e. The Balaban J connectivity index is 1.49. The molecule has 0 aliphatic rings. The zero-order valence-corrected chi connectivity index (χ0v) is 21.0. The van der Waals surface area contributed by atoms with Crippen LogP contribution in [0.15, 0.2) is 83.5 Å². The number of hydrogen-bond donors (Lipinski definition) is 1. The van der Waals surface area contributed by atoms with Gasteiger partial charge in [-0.15, -0.1) is 11.3 Å². The van der Waals surface area contributed by atoms with Gasteiger partial charge in [-0.3, -0.25) is 4.79 Å². The standard InChI is InChI=1S/C30H24N2O4S/c1-34-29(33)15-22-5-6-23(28-8-7-25(17-32)37-28)14-27(22)36-18-20-12-24-9-10-35-30(24)26(13-20)21-4-2-3-19(11-21)16-31/h2-14H,15-16,18,31H2,1H3. The van der Waals surface area contributed by atoms with Crippen LogP contribution in [0.3, 0.4) is 0 Å². The lowest BCUT2D eigenvalue weighted by Crippen LogP contribution is -2.07. The average molecular weight is 509 g/mol. The number of nitrogens with two attached hydrogens (primary N) is 1. The van der Waals surface area contributed by atoms with Gasteiger partial charge in [-0.1, -0.05) is 30.3 Å². The zero-order chi connectivity index (χ0) is 25.8. The number of esters is 1. The number of benzene rings is 3. The Bertz CT molecular complexity index is 1630. The maximum atomic E-state index is 12.0. The highest BCUT2D eigenvalue weighted by atomic mass is 32.1. The normalized spacial score (nSPS) is 10.8. The average Bonchev–Trinajstić information content (AvgIpc) is 3.62. The van der Waals surface area contributed by atoms with Gasteiger partial charge in [0.05, 0.1) is 19.8 Å². The van der Waals surface area contributed by atoms with Crippen molar-refractivity contribution in [1.29, 1.82) is 5.26 Å². The van der Waals surface area contributed by atoms with E-state index in [4.69, 9.17) is 19.6 Å². The van der Waals surface area contributed by atoms with Crippen molar-refractivity contribution in [3.63, 3.8) is 0 Å². The SMILES string of the molecule is COC(=O)Cc1ccc(-c2ccc(C#N)s2)cc1OCc1cc(-c2cccc(CN)c2)c2occc2c1. The summed E-state index contributed by atoms with van der Waals surface area (Å²) in [5.41, 5.74) is 12.3. The highest BCUT2D eigenvalue weighted by Crippen LogP contribution is 2.35. The summed E-state index contributed by atoms with van der Waals surface area (Å²) >= 11 is 1.41. The molecule has 5 aromatic rings. The smallest absolute Gasteiger partial charge is 0.310 e. The predicted molar refractivity (Wildman–Crippen MR) is 144 cm³/mol. The molecule has 0 saturated heterocycles. The van der Waals surface area contributed by atoms with E-state index in [1.54, 1.807) is 12.3 Å². The van der Waals surface area contributed by atoms with Crippen LogP contribution in [-0.4, -0.2) is 13.1 Å². The molecule has 0 unspecified atom stereocenters. The number of thiophene rings is 1. The van der Waals surface area contributed by atoms with Crippen LogP contribution >= 0.6 is 11.3 Å². The lowest BCUT2D eigenvalue weighted by molar-refractivity contribution is -0.139. The van der Waals surface area contributed by atoms with E-state index in [0.29, 0.717) is 17.2 Å². The second kappa shape index (κ2) is 10.7. The van der Waals surface area contributed by atoms with Gasteiger partial charge in [-0.25, -0.2) is 0 Å². The summed E-state index contributed by atoms with van der Waals surface area (Å²) in [6.07, 6.45) is 1.78. The Kier molecular flexibility index (Phi) is 7.04. The van der Waals surface area contributed by atoms with Crippen LogP contribution in [0.25, 0.3) is 32.5 Å². The summed E-state index contributed by atoms with van der Waals surface area (Å²) in [5.74, 6) is 0.246. The first-order chi connectivity index (χ1) is 18.1. The number of carbonyl (C=O) groups is 1. The van der Waals surface area contributed by atoms with E-state index in [1.807, 2.05) is 54.6 Å². The van der Waals surface area contributed by atoms with Gasteiger partial charge in [0.25, 0.3) is 0 Å². The summed E-state index contributed by atoms with van der Waals surface area (Å²) < 4.78 is 17.0. The third-order valence-corrected chi connectivity index (χ3v) is 7.15. The van der Waals surface area contributed by atoms with Crippen molar-refractivity contribution >= 4 is 28.3 Å². The topological polar surface area (TPSA) is 98.5 Å². The molecule has 0 aliphatic carbocycles. The first kappa shape index (κ1) is 24.3. The van der Waals surface area contributed by atoms with E-state index in [2.05, 4.69) is 18.2 Å². The van der Waals surface area contributed by atoms with E-state index in [1.165, 1.54) is 18.4 Å². The molecule has 0 fully saturated rings. The molecule has 37 heavy (non-hydrogen) atoms. The molecule has 3 aromatic carbocycles. The molecule has 2 heterocycles. The van der Waals surface area contributed by atoms with Crippen molar-refractivity contribution < 1.29 is 18.7 Å². The quantitative estimate of drug-likeness (QED) is 0.242. The largest absolute Gasteiger partial charge is 0.489 e. The Morgan fingerprint density at radius 2 is 1.92 bits per heavy atom. The second-order valence-corrected chi connectivity index (χ2v) is 9.61. The van der Waals surface area contributed by atoms with Crippen LogP contribution < -0.4 is 10.5 Å². The third-order valence-electron chi connectivity index (χ3n) is 6.11. The fourth-order valence-corrected chi connectivity index (χ4v) is 5.04. The molecule has 184 valence electrons. The van der Waals surface area contributed by atoms with E-state index >= 15 is 0 Å². The molecular weight excluding hydrogens is 484 g/mol. The Morgan fingerprint density at radius 3 is 2.70 bits per heavy atom. The van der Waals surface area contributed by atoms with Gasteiger partial charge in [-0.2, -0.15) is 5.26 Å². The second-order valence-electron chi connectivity index (χ2n) is 8.53. The highest BCUT2D eigenvalue weighted by Gasteiger charge is 2.15. The summed E-state index contributed by atoms with van der Waals surface area (Å²) in [5, 5.41) is 10.2. The van der Waals surface area contributed by atoms with Crippen LogP contribution in [0.2, 0.25) is 0 Å². The molecule has 0 atom stereocenters. The number of rotatable bonds is 8. The van der Waals surface area contributed by atoms with Crippen LogP contribution in [0.1, 0.15) is 21.6 Å². The fraction of sp³-hybridized carbons (Fsp3) is 0.133. The first-order valence-electron chi connectivity index (χ1n) is 11.7. The molecule has 0 bridgehead atoms. The molecule has 2 N–H and O–H groups in total. The van der Waals surface area contributed by atoms with E-state index in [0.717, 1.165) is 49.2 Å². The van der Waals surface area contributed by atoms with Crippen molar-refractivity contribution in [1.82, 2.24) is 0 Å². The van der Waals surface area contributed by atoms with Gasteiger partial charge in [0.2, 0.25) is 0 Å². The van der Waals surface area contributed by atoms with Crippen molar-refractivity contribution in [2.24, 2.45) is 5.73 Å². The molecule has 0 amide bonds. The van der Waals surface area contributed by atoms with E-state index in [-0.39, 0.29) is 19.0 Å². The molecule has 2 aromatic heterocycles. The third kappa shape index (κ3) is 5.26. The predicted octanol–water partition coefficient (Wildman–Crippen LogP) is 6.45. The van der Waals surface area contributed by atoms with Crippen LogP contribution in [0, 0.1) is 11.3 Å². The summed E-state index contributed by atoms with van der Waals surface area (Å²) in [7, 11) is 1.37. The van der Waals surface area contributed by atoms with Gasteiger partial charge in [0, 0.05) is 27.9 Å². The van der Waals surface area contributed by atoms with Crippen molar-refractivity contribution in [3.8, 4) is 33.4 Å². The Labute approximate surface area is 218 Å². The molecule has 7 heteroatoms. The highest BCUT2D eigenvalue weighted by molar-refractivity contribution is 7.16. The lowest BCUT2D eigenvalue weighted by atomic mass is 9.99. The molecular formula is C30H24N2O4S. The van der Waals surface area contributed by atoms with Crippen molar-refractivity contribution in [3.05, 3.63) is 101 Å². The summed E-state index contributed by atoms with van der Waals surface area (Å²) in [6.45, 7) is 0.744. The molecule has 0 aliphatic heterocycles. The van der Waals surface area contributed by atoms with Crippen molar-refractivity contribution in [2.75, 3.05) is 7.11 Å². The molecule has 6 nitrogen and oxygen atoms in total. The van der Waals surface area contributed by atoms with Crippen molar-refractivity contribution in [2.45, 2.75) is 19.6 Å². The van der Waals surface area contributed by atoms with E-state index < -0.39 is 0 Å². The molecule has 0 spiro atoms. The van der Waals surface area contributed by atoms with Crippen LogP contribution in [0.5, 0.6) is 5.75 Å². The molecule has 5 rings (SSSR count). The van der Waals surface area contributed by atoms with Gasteiger partial charge in [-0.05, 0) is 64.7 Å². The lowest BCUT2D eigenvalue weighted by Gasteiger charge is -2.14. The monoisotopic (exact) mass is 508 g/mol. The molecule has 0 radical (unpaired) electrons. The Morgan fingerprint density at radius 1 is 1.03 bits per heavy atom. The zero-order valence-electron chi connectivity index (χ0n) is 20.2. The van der Waals surface area contributed by atoms with Crippen LogP contribution in [-0.2, 0) is 29.1 Å². The number of hydrogen-bond acceptors (Lipinski definition) is 7. The van der Waals surface area contributed by atoms with Gasteiger partial charge >= 0.3 is 5.97 Å². The Hall–Kier alpha value is -4.38. The minimum absolute atomic E-state index is 0.0951. The number of methoxy groups -OCH3 is 1.